The van der Waals surface area contributed by atoms with Crippen molar-refractivity contribution in [2.24, 2.45) is 5.73 Å². The molecule has 1 atom stereocenters. The first-order valence-electron chi connectivity index (χ1n) is 5.80. The standard InChI is InChI=1S/C13H16N2O2/c1-8-4-2-5-9-11(8)12(16)10(6-3-7-14)15-13(9)17/h2,4-5,10H,3,6-7,14H2,1H3,(H,15,17)/t10-/m0/s1. The van der Waals surface area contributed by atoms with Gasteiger partial charge in [-0.05, 0) is 37.9 Å². The molecule has 0 saturated heterocycles. The molecule has 4 heteroatoms. The number of carbonyl (C=O) groups excluding carboxylic acids is 2. The zero-order chi connectivity index (χ0) is 12.4. The van der Waals surface area contributed by atoms with Gasteiger partial charge in [0, 0.05) is 5.56 Å². The second kappa shape index (κ2) is 4.67. The zero-order valence-corrected chi connectivity index (χ0v) is 9.82. The van der Waals surface area contributed by atoms with Gasteiger partial charge in [-0.3, -0.25) is 9.59 Å². The molecule has 0 fully saturated rings. The molecule has 1 amide bonds. The number of ketones is 1. The van der Waals surface area contributed by atoms with Crippen molar-refractivity contribution in [2.45, 2.75) is 25.8 Å². The summed E-state index contributed by atoms with van der Waals surface area (Å²) in [4.78, 5) is 24.1. The van der Waals surface area contributed by atoms with Gasteiger partial charge in [-0.15, -0.1) is 0 Å². The fourth-order valence-corrected chi connectivity index (χ4v) is 2.19. The van der Waals surface area contributed by atoms with E-state index in [1.165, 1.54) is 0 Å². The SMILES string of the molecule is Cc1cccc2c1C(=O)[C@H](CCCN)NC2=O. The lowest BCUT2D eigenvalue weighted by molar-refractivity contribution is 0.0822. The van der Waals surface area contributed by atoms with Crippen LogP contribution in [0.4, 0.5) is 0 Å². The number of Topliss-reactive ketones (excluding diaryl/α,β-unsaturated/α-hetero) is 1. The van der Waals surface area contributed by atoms with E-state index in [-0.39, 0.29) is 11.7 Å². The Hall–Kier alpha value is -1.68. The van der Waals surface area contributed by atoms with Crippen LogP contribution in [0.15, 0.2) is 18.2 Å². The normalized spacial score (nSPS) is 18.8. The number of amides is 1. The molecule has 0 spiro atoms. The summed E-state index contributed by atoms with van der Waals surface area (Å²) in [5.74, 6) is -0.156. The molecule has 1 aromatic carbocycles. The molecular formula is C13H16N2O2. The Morgan fingerprint density at radius 1 is 1.35 bits per heavy atom. The van der Waals surface area contributed by atoms with Crippen molar-refractivity contribution in [1.29, 1.82) is 0 Å². The van der Waals surface area contributed by atoms with E-state index in [1.54, 1.807) is 12.1 Å². The van der Waals surface area contributed by atoms with Gasteiger partial charge in [-0.2, -0.15) is 0 Å². The summed E-state index contributed by atoms with van der Waals surface area (Å²) in [5, 5.41) is 2.74. The Morgan fingerprint density at radius 2 is 2.12 bits per heavy atom. The average molecular weight is 232 g/mol. The topological polar surface area (TPSA) is 72.2 Å². The maximum absolute atomic E-state index is 12.2. The quantitative estimate of drug-likeness (QED) is 0.817. The molecule has 0 aromatic heterocycles. The van der Waals surface area contributed by atoms with Crippen LogP contribution in [0.3, 0.4) is 0 Å². The lowest BCUT2D eigenvalue weighted by Gasteiger charge is -2.25. The molecule has 90 valence electrons. The fourth-order valence-electron chi connectivity index (χ4n) is 2.19. The summed E-state index contributed by atoms with van der Waals surface area (Å²) >= 11 is 0. The van der Waals surface area contributed by atoms with Crippen LogP contribution in [0.25, 0.3) is 0 Å². The highest BCUT2D eigenvalue weighted by atomic mass is 16.2. The van der Waals surface area contributed by atoms with E-state index in [1.807, 2.05) is 13.0 Å². The number of hydrogen-bond donors (Lipinski definition) is 2. The molecule has 17 heavy (non-hydrogen) atoms. The van der Waals surface area contributed by atoms with Gasteiger partial charge >= 0.3 is 0 Å². The van der Waals surface area contributed by atoms with Crippen LogP contribution in [0.1, 0.15) is 39.1 Å². The zero-order valence-electron chi connectivity index (χ0n) is 9.82. The number of benzene rings is 1. The van der Waals surface area contributed by atoms with E-state index >= 15 is 0 Å². The number of rotatable bonds is 3. The van der Waals surface area contributed by atoms with Crippen LogP contribution in [-0.4, -0.2) is 24.3 Å². The molecule has 1 aliphatic rings. The Morgan fingerprint density at radius 3 is 2.82 bits per heavy atom. The van der Waals surface area contributed by atoms with E-state index in [4.69, 9.17) is 5.73 Å². The van der Waals surface area contributed by atoms with Gasteiger partial charge < -0.3 is 11.1 Å². The highest BCUT2D eigenvalue weighted by molar-refractivity contribution is 6.15. The maximum atomic E-state index is 12.2. The first-order valence-corrected chi connectivity index (χ1v) is 5.80. The molecule has 3 N–H and O–H groups in total. The minimum absolute atomic E-state index is 0.00569. The van der Waals surface area contributed by atoms with Crippen molar-refractivity contribution in [1.82, 2.24) is 5.32 Å². The molecule has 0 aliphatic carbocycles. The van der Waals surface area contributed by atoms with E-state index in [0.29, 0.717) is 24.1 Å². The van der Waals surface area contributed by atoms with Gasteiger partial charge in [0.25, 0.3) is 5.91 Å². The molecule has 0 bridgehead atoms. The third kappa shape index (κ3) is 2.08. The summed E-state index contributed by atoms with van der Waals surface area (Å²) in [7, 11) is 0. The molecule has 0 saturated carbocycles. The Labute approximate surface area is 100 Å². The van der Waals surface area contributed by atoms with Crippen LogP contribution < -0.4 is 11.1 Å². The summed E-state index contributed by atoms with van der Waals surface area (Å²) in [6.07, 6.45) is 1.34. The van der Waals surface area contributed by atoms with Crippen LogP contribution >= 0.6 is 0 Å². The Balaban J connectivity index is 2.36. The molecule has 2 rings (SSSR count). The molecular weight excluding hydrogens is 216 g/mol. The van der Waals surface area contributed by atoms with Gasteiger partial charge in [0.05, 0.1) is 11.6 Å². The third-order valence-corrected chi connectivity index (χ3v) is 3.08. The van der Waals surface area contributed by atoms with Gasteiger partial charge in [0.1, 0.15) is 0 Å². The van der Waals surface area contributed by atoms with Crippen LogP contribution in [-0.2, 0) is 0 Å². The molecule has 4 nitrogen and oxygen atoms in total. The summed E-state index contributed by atoms with van der Waals surface area (Å²) in [5.41, 5.74) is 7.34. The highest BCUT2D eigenvalue weighted by Crippen LogP contribution is 2.22. The van der Waals surface area contributed by atoms with Crippen molar-refractivity contribution in [3.63, 3.8) is 0 Å². The van der Waals surface area contributed by atoms with E-state index in [0.717, 1.165) is 12.0 Å². The van der Waals surface area contributed by atoms with Crippen molar-refractivity contribution >= 4 is 11.7 Å². The molecule has 1 heterocycles. The van der Waals surface area contributed by atoms with E-state index in [2.05, 4.69) is 5.32 Å². The minimum Gasteiger partial charge on any atom is -0.342 e. The lowest BCUT2D eigenvalue weighted by Crippen LogP contribution is -2.46. The third-order valence-electron chi connectivity index (χ3n) is 3.08. The molecule has 0 unspecified atom stereocenters. The summed E-state index contributed by atoms with van der Waals surface area (Å²) < 4.78 is 0. The Kier molecular flexibility index (Phi) is 3.24. The second-order valence-corrected chi connectivity index (χ2v) is 4.32. The van der Waals surface area contributed by atoms with Crippen molar-refractivity contribution in [3.8, 4) is 0 Å². The number of fused-ring (bicyclic) bond motifs is 1. The summed E-state index contributed by atoms with van der Waals surface area (Å²) in [6.45, 7) is 2.38. The predicted octanol–water partition coefficient (Wildman–Crippen LogP) is 1.03. The molecule has 1 aromatic rings. The van der Waals surface area contributed by atoms with Crippen LogP contribution in [0.2, 0.25) is 0 Å². The van der Waals surface area contributed by atoms with Gasteiger partial charge in [-0.1, -0.05) is 12.1 Å². The molecule has 1 aliphatic heterocycles. The van der Waals surface area contributed by atoms with E-state index < -0.39 is 6.04 Å². The first-order chi connectivity index (χ1) is 8.15. The average Bonchev–Trinajstić information content (AvgIpc) is 2.32. The van der Waals surface area contributed by atoms with Gasteiger partial charge in [0.15, 0.2) is 5.78 Å². The van der Waals surface area contributed by atoms with Gasteiger partial charge in [0.2, 0.25) is 0 Å². The largest absolute Gasteiger partial charge is 0.342 e. The maximum Gasteiger partial charge on any atom is 0.252 e. The van der Waals surface area contributed by atoms with Crippen LogP contribution in [0.5, 0.6) is 0 Å². The number of nitrogens with two attached hydrogens (primary N) is 1. The lowest BCUT2D eigenvalue weighted by atomic mass is 9.88. The fraction of sp³-hybridized carbons (Fsp3) is 0.385. The van der Waals surface area contributed by atoms with E-state index in [9.17, 15) is 9.59 Å². The molecule has 0 radical (unpaired) electrons. The van der Waals surface area contributed by atoms with Crippen molar-refractivity contribution < 1.29 is 9.59 Å². The summed E-state index contributed by atoms with van der Waals surface area (Å²) in [6, 6.07) is 4.92. The van der Waals surface area contributed by atoms with Crippen molar-refractivity contribution in [2.75, 3.05) is 6.54 Å². The van der Waals surface area contributed by atoms with Crippen LogP contribution in [0, 0.1) is 6.92 Å². The number of nitrogens with one attached hydrogen (secondary N) is 1. The van der Waals surface area contributed by atoms with Crippen molar-refractivity contribution in [3.05, 3.63) is 34.9 Å². The predicted molar refractivity (Wildman–Crippen MR) is 65.1 cm³/mol. The Bertz CT molecular complexity index is 468. The number of aryl methyl sites for hydroxylation is 1. The number of hydrogen-bond acceptors (Lipinski definition) is 3. The minimum atomic E-state index is -0.417. The number of carbonyl (C=O) groups is 2. The van der Waals surface area contributed by atoms with Gasteiger partial charge in [-0.25, -0.2) is 0 Å². The smallest absolute Gasteiger partial charge is 0.252 e. The highest BCUT2D eigenvalue weighted by Gasteiger charge is 2.32. The first kappa shape index (κ1) is 11.8. The second-order valence-electron chi connectivity index (χ2n) is 4.32. The monoisotopic (exact) mass is 232 g/mol.